The Morgan fingerprint density at radius 1 is 1.25 bits per heavy atom. The number of nitroso groups, excluding NO2 is 1. The van der Waals surface area contributed by atoms with Gasteiger partial charge in [-0.05, 0) is 6.42 Å². The predicted molar refractivity (Wildman–Crippen MR) is 64.5 cm³/mol. The fourth-order valence-corrected chi connectivity index (χ4v) is 1.67. The molecule has 2 fully saturated rings. The summed E-state index contributed by atoms with van der Waals surface area (Å²) in [6.07, 6.45) is 0.280. The van der Waals surface area contributed by atoms with Crippen LogP contribution in [0.1, 0.15) is 12.8 Å². The first-order valence-electron chi connectivity index (χ1n) is 6.02. The summed E-state index contributed by atoms with van der Waals surface area (Å²) in [5.74, 6) is -1.90. The van der Waals surface area contributed by atoms with Crippen molar-refractivity contribution in [1.82, 2.24) is 10.3 Å². The molecule has 10 nitrogen and oxygen atoms in total. The second-order valence-corrected chi connectivity index (χ2v) is 4.13. The lowest BCUT2D eigenvalue weighted by Crippen LogP contribution is -2.43. The van der Waals surface area contributed by atoms with Gasteiger partial charge in [-0.2, -0.15) is 0 Å². The number of hydrogen-bond donors (Lipinski definition) is 3. The van der Waals surface area contributed by atoms with E-state index in [4.69, 9.17) is 19.7 Å². The SMILES string of the molecule is O=C(O)C1CCNCO1.O=NN1COCCC1C(=O)O. The van der Waals surface area contributed by atoms with Crippen LogP contribution < -0.4 is 5.32 Å². The van der Waals surface area contributed by atoms with Crippen LogP contribution in [0.2, 0.25) is 0 Å². The van der Waals surface area contributed by atoms with Gasteiger partial charge in [0.05, 0.1) is 18.6 Å². The van der Waals surface area contributed by atoms with Crippen molar-refractivity contribution in [3.05, 3.63) is 4.91 Å². The Bertz CT molecular complexity index is 346. The van der Waals surface area contributed by atoms with Crippen molar-refractivity contribution in [1.29, 1.82) is 0 Å². The maximum absolute atomic E-state index is 10.4. The van der Waals surface area contributed by atoms with Gasteiger partial charge in [-0.1, -0.05) is 0 Å². The van der Waals surface area contributed by atoms with Gasteiger partial charge in [-0.15, -0.1) is 4.91 Å². The zero-order valence-corrected chi connectivity index (χ0v) is 10.7. The highest BCUT2D eigenvalue weighted by Crippen LogP contribution is 2.10. The molecule has 2 aliphatic heterocycles. The van der Waals surface area contributed by atoms with Gasteiger partial charge < -0.3 is 19.7 Å². The fraction of sp³-hybridized carbons (Fsp3) is 0.800. The van der Waals surface area contributed by atoms with Crippen molar-refractivity contribution < 1.29 is 29.3 Å². The minimum atomic E-state index is -1.03. The molecule has 2 saturated heterocycles. The molecule has 0 saturated carbocycles. The van der Waals surface area contributed by atoms with E-state index >= 15 is 0 Å². The van der Waals surface area contributed by atoms with Crippen LogP contribution in [-0.2, 0) is 19.1 Å². The lowest BCUT2D eigenvalue weighted by Gasteiger charge is -2.26. The zero-order chi connectivity index (χ0) is 15.0. The van der Waals surface area contributed by atoms with E-state index in [1.54, 1.807) is 0 Å². The maximum Gasteiger partial charge on any atom is 0.332 e. The van der Waals surface area contributed by atoms with Crippen molar-refractivity contribution in [2.45, 2.75) is 25.0 Å². The van der Waals surface area contributed by atoms with Gasteiger partial charge in [0.1, 0.15) is 6.73 Å². The summed E-state index contributed by atoms with van der Waals surface area (Å²) in [6, 6.07) is -0.818. The van der Waals surface area contributed by atoms with E-state index in [0.29, 0.717) is 26.2 Å². The van der Waals surface area contributed by atoms with E-state index in [-0.39, 0.29) is 6.73 Å². The predicted octanol–water partition coefficient (Wildman–Crippen LogP) is -0.792. The molecule has 0 aromatic rings. The third kappa shape index (κ3) is 5.07. The van der Waals surface area contributed by atoms with Gasteiger partial charge in [0.15, 0.2) is 12.1 Å². The minimum absolute atomic E-state index is 0.0273. The van der Waals surface area contributed by atoms with Gasteiger partial charge in [-0.3, -0.25) is 5.32 Å². The lowest BCUT2D eigenvalue weighted by molar-refractivity contribution is -0.153. The molecule has 0 aliphatic carbocycles. The van der Waals surface area contributed by atoms with Crippen molar-refractivity contribution >= 4 is 11.9 Å². The Kier molecular flexibility index (Phi) is 6.84. The quantitative estimate of drug-likeness (QED) is 0.571. The van der Waals surface area contributed by atoms with Crippen LogP contribution >= 0.6 is 0 Å². The Morgan fingerprint density at radius 2 is 2.00 bits per heavy atom. The number of aliphatic carboxylic acids is 2. The third-order valence-electron chi connectivity index (χ3n) is 2.75. The van der Waals surface area contributed by atoms with Gasteiger partial charge >= 0.3 is 11.9 Å². The molecular formula is C10H17N3O7. The molecule has 2 atom stereocenters. The molecule has 2 rings (SSSR count). The van der Waals surface area contributed by atoms with E-state index in [2.05, 4.69) is 10.6 Å². The highest BCUT2D eigenvalue weighted by atomic mass is 16.5. The van der Waals surface area contributed by atoms with Crippen molar-refractivity contribution in [2.75, 3.05) is 26.6 Å². The molecular weight excluding hydrogens is 274 g/mol. The van der Waals surface area contributed by atoms with Crippen molar-refractivity contribution in [3.8, 4) is 0 Å². The molecule has 0 amide bonds. The first kappa shape index (κ1) is 16.3. The minimum Gasteiger partial charge on any atom is -0.480 e. The highest BCUT2D eigenvalue weighted by Gasteiger charge is 2.28. The third-order valence-corrected chi connectivity index (χ3v) is 2.75. The standard InChI is InChI=1S/C5H8N2O4.C5H9NO3/c8-5(9)4-1-2-11-3-7(4)6-10;7-5(8)4-1-2-6-3-9-4/h4H,1-3H2,(H,8,9);4,6H,1-3H2,(H,7,8). The molecule has 3 N–H and O–H groups in total. The highest BCUT2D eigenvalue weighted by molar-refractivity contribution is 5.73. The van der Waals surface area contributed by atoms with Gasteiger partial charge in [-0.25, -0.2) is 14.6 Å². The maximum atomic E-state index is 10.4. The van der Waals surface area contributed by atoms with Crippen LogP contribution in [-0.4, -0.2) is 65.9 Å². The largest absolute Gasteiger partial charge is 0.480 e. The van der Waals surface area contributed by atoms with Crippen LogP contribution in [0, 0.1) is 4.91 Å². The molecule has 2 unspecified atom stereocenters. The monoisotopic (exact) mass is 291 g/mol. The zero-order valence-electron chi connectivity index (χ0n) is 10.7. The molecule has 20 heavy (non-hydrogen) atoms. The molecule has 0 spiro atoms. The number of nitrogens with one attached hydrogen (secondary N) is 1. The Labute approximate surface area is 114 Å². The average Bonchev–Trinajstić information content (AvgIpc) is 2.48. The molecule has 0 radical (unpaired) electrons. The second kappa shape index (κ2) is 8.40. The Hall–Kier alpha value is -1.78. The number of nitrogens with zero attached hydrogens (tertiary/aromatic N) is 2. The first-order chi connectivity index (χ1) is 9.56. The summed E-state index contributed by atoms with van der Waals surface area (Å²) in [6.45, 7) is 1.43. The van der Waals surface area contributed by atoms with Crippen LogP contribution in [0.25, 0.3) is 0 Å². The van der Waals surface area contributed by atoms with E-state index in [9.17, 15) is 14.5 Å². The van der Waals surface area contributed by atoms with E-state index in [1.165, 1.54) is 0 Å². The van der Waals surface area contributed by atoms with Crippen molar-refractivity contribution in [3.63, 3.8) is 0 Å². The summed E-state index contributed by atoms with van der Waals surface area (Å²) in [5, 5.41) is 23.2. The summed E-state index contributed by atoms with van der Waals surface area (Å²) >= 11 is 0. The van der Waals surface area contributed by atoms with Crippen LogP contribution in [0.15, 0.2) is 5.29 Å². The van der Waals surface area contributed by atoms with Gasteiger partial charge in [0, 0.05) is 13.0 Å². The van der Waals surface area contributed by atoms with Crippen LogP contribution in [0.3, 0.4) is 0 Å². The summed E-state index contributed by atoms with van der Waals surface area (Å²) in [7, 11) is 0. The van der Waals surface area contributed by atoms with E-state index in [0.717, 1.165) is 11.6 Å². The van der Waals surface area contributed by atoms with E-state index in [1.807, 2.05) is 0 Å². The summed E-state index contributed by atoms with van der Waals surface area (Å²) < 4.78 is 9.65. The molecule has 2 aliphatic rings. The fourth-order valence-electron chi connectivity index (χ4n) is 1.67. The van der Waals surface area contributed by atoms with Crippen LogP contribution in [0.5, 0.6) is 0 Å². The number of hydrogen-bond acceptors (Lipinski definition) is 7. The lowest BCUT2D eigenvalue weighted by atomic mass is 10.2. The Balaban J connectivity index is 0.000000204. The normalized spacial score (nSPS) is 26.1. The molecule has 2 heterocycles. The molecule has 0 bridgehead atoms. The molecule has 10 heteroatoms. The number of rotatable bonds is 3. The van der Waals surface area contributed by atoms with Gasteiger partial charge in [0.2, 0.25) is 0 Å². The second-order valence-electron chi connectivity index (χ2n) is 4.13. The van der Waals surface area contributed by atoms with Crippen molar-refractivity contribution in [2.24, 2.45) is 5.29 Å². The summed E-state index contributed by atoms with van der Waals surface area (Å²) in [5.41, 5.74) is 0. The molecule has 114 valence electrons. The Morgan fingerprint density at radius 3 is 2.40 bits per heavy atom. The van der Waals surface area contributed by atoms with E-state index < -0.39 is 24.1 Å². The summed E-state index contributed by atoms with van der Waals surface area (Å²) in [4.78, 5) is 30.6. The number of carboxylic acids is 2. The average molecular weight is 291 g/mol. The number of carbonyl (C=O) groups is 2. The van der Waals surface area contributed by atoms with Crippen LogP contribution in [0.4, 0.5) is 0 Å². The molecule has 0 aromatic heterocycles. The topological polar surface area (TPSA) is 138 Å². The molecule has 0 aromatic carbocycles. The van der Waals surface area contributed by atoms with Gasteiger partial charge in [0.25, 0.3) is 0 Å². The number of carboxylic acid groups (broad SMARTS) is 2. The first-order valence-corrected chi connectivity index (χ1v) is 6.02. The number of ether oxygens (including phenoxy) is 2. The smallest absolute Gasteiger partial charge is 0.332 e.